The highest BCUT2D eigenvalue weighted by atomic mass is 35.5. The van der Waals surface area contributed by atoms with Crippen LogP contribution in [0.5, 0.6) is 0 Å². The molecule has 3 rings (SSSR count). The molecule has 1 heterocycles. The van der Waals surface area contributed by atoms with Gasteiger partial charge in [-0.1, -0.05) is 42.4 Å². The molecular formula is C16H20ClN3S. The number of halogens is 1. The first-order valence-electron chi connectivity index (χ1n) is 7.58. The third kappa shape index (κ3) is 3.27. The molecule has 1 aromatic carbocycles. The molecule has 0 bridgehead atoms. The Morgan fingerprint density at radius 2 is 1.95 bits per heavy atom. The third-order valence-electron chi connectivity index (χ3n) is 3.86. The fraction of sp³-hybridized carbons (Fsp3) is 0.500. The molecule has 21 heavy (non-hydrogen) atoms. The molecule has 2 aromatic rings. The average molecular weight is 322 g/mol. The molecule has 5 heteroatoms. The molecule has 0 spiro atoms. The van der Waals surface area contributed by atoms with Gasteiger partial charge in [-0.25, -0.2) is 0 Å². The third-order valence-corrected chi connectivity index (χ3v) is 5.52. The molecule has 1 aliphatic carbocycles. The molecule has 112 valence electrons. The van der Waals surface area contributed by atoms with Crippen molar-refractivity contribution in [2.24, 2.45) is 0 Å². The fourth-order valence-corrected chi connectivity index (χ4v) is 3.80. The molecule has 1 atom stereocenters. The molecule has 1 aromatic heterocycles. The van der Waals surface area contributed by atoms with E-state index in [-0.39, 0.29) is 0 Å². The Bertz CT molecular complexity index is 604. The van der Waals surface area contributed by atoms with E-state index in [2.05, 4.69) is 40.7 Å². The van der Waals surface area contributed by atoms with Gasteiger partial charge in [0.15, 0.2) is 5.16 Å². The number of nitrogens with zero attached hydrogens (tertiary/aromatic N) is 3. The molecular weight excluding hydrogens is 302 g/mol. The van der Waals surface area contributed by atoms with Gasteiger partial charge in [0.1, 0.15) is 5.82 Å². The Balaban J connectivity index is 1.82. The highest BCUT2D eigenvalue weighted by Crippen LogP contribution is 2.42. The van der Waals surface area contributed by atoms with E-state index in [1.807, 2.05) is 23.9 Å². The van der Waals surface area contributed by atoms with E-state index >= 15 is 0 Å². The van der Waals surface area contributed by atoms with Gasteiger partial charge in [-0.05, 0) is 43.9 Å². The maximum atomic E-state index is 5.98. The topological polar surface area (TPSA) is 30.7 Å². The van der Waals surface area contributed by atoms with Crippen LogP contribution in [-0.2, 0) is 6.54 Å². The Kier molecular flexibility index (Phi) is 4.55. The quantitative estimate of drug-likeness (QED) is 0.696. The van der Waals surface area contributed by atoms with E-state index in [1.54, 1.807) is 0 Å². The summed E-state index contributed by atoms with van der Waals surface area (Å²) in [6.45, 7) is 5.32. The Hall–Kier alpha value is -1.00. The minimum Gasteiger partial charge on any atom is -0.306 e. The molecule has 0 N–H and O–H groups in total. The lowest BCUT2D eigenvalue weighted by molar-refractivity contribution is 0.641. The number of benzene rings is 1. The number of thioether (sulfide) groups is 1. The second-order valence-electron chi connectivity index (χ2n) is 5.43. The zero-order valence-corrected chi connectivity index (χ0v) is 14.0. The zero-order chi connectivity index (χ0) is 14.8. The fourth-order valence-electron chi connectivity index (χ4n) is 2.52. The van der Waals surface area contributed by atoms with Crippen molar-refractivity contribution in [3.05, 3.63) is 40.7 Å². The van der Waals surface area contributed by atoms with Crippen LogP contribution in [0.25, 0.3) is 0 Å². The second kappa shape index (κ2) is 6.41. The van der Waals surface area contributed by atoms with Gasteiger partial charge in [-0.2, -0.15) is 0 Å². The molecule has 0 aliphatic heterocycles. The summed E-state index contributed by atoms with van der Waals surface area (Å²) in [5.41, 5.74) is 1.30. The van der Waals surface area contributed by atoms with Crippen molar-refractivity contribution in [3.8, 4) is 0 Å². The van der Waals surface area contributed by atoms with Crippen molar-refractivity contribution in [2.45, 2.75) is 56.0 Å². The summed E-state index contributed by atoms with van der Waals surface area (Å²) in [5.74, 6) is 1.81. The van der Waals surface area contributed by atoms with Gasteiger partial charge in [0, 0.05) is 22.7 Å². The van der Waals surface area contributed by atoms with Crippen LogP contribution in [0, 0.1) is 0 Å². The molecule has 1 aliphatic rings. The van der Waals surface area contributed by atoms with Gasteiger partial charge in [-0.3, -0.25) is 0 Å². The monoisotopic (exact) mass is 321 g/mol. The lowest BCUT2D eigenvalue weighted by Gasteiger charge is -2.15. The van der Waals surface area contributed by atoms with Crippen molar-refractivity contribution in [1.82, 2.24) is 14.8 Å². The summed E-state index contributed by atoms with van der Waals surface area (Å²) >= 11 is 7.79. The summed E-state index contributed by atoms with van der Waals surface area (Å²) in [6, 6.07) is 8.14. The highest BCUT2D eigenvalue weighted by Gasteiger charge is 2.30. The lowest BCUT2D eigenvalue weighted by Crippen LogP contribution is -2.03. The van der Waals surface area contributed by atoms with E-state index in [0.29, 0.717) is 11.2 Å². The Morgan fingerprint density at radius 1 is 1.24 bits per heavy atom. The van der Waals surface area contributed by atoms with E-state index in [0.717, 1.165) is 23.1 Å². The average Bonchev–Trinajstić information content (AvgIpc) is 3.26. The molecule has 1 unspecified atom stereocenters. The molecule has 0 amide bonds. The first-order valence-corrected chi connectivity index (χ1v) is 8.83. The summed E-state index contributed by atoms with van der Waals surface area (Å²) in [4.78, 5) is 0. The van der Waals surface area contributed by atoms with Gasteiger partial charge in [0.25, 0.3) is 0 Å². The highest BCUT2D eigenvalue weighted by molar-refractivity contribution is 7.99. The van der Waals surface area contributed by atoms with E-state index < -0.39 is 0 Å². The Morgan fingerprint density at radius 3 is 2.52 bits per heavy atom. The molecule has 3 nitrogen and oxygen atoms in total. The standard InChI is InChI=1S/C16H20ClN3S/c1-3-14(11-7-9-13(17)10-8-11)21-16-19-18-15(12-5-6-12)20(16)4-2/h7-10,12,14H,3-6H2,1-2H3. The molecule has 0 radical (unpaired) electrons. The first kappa shape index (κ1) is 14.9. The summed E-state index contributed by atoms with van der Waals surface area (Å²) < 4.78 is 2.28. The van der Waals surface area contributed by atoms with Crippen LogP contribution in [-0.4, -0.2) is 14.8 Å². The zero-order valence-electron chi connectivity index (χ0n) is 12.4. The van der Waals surface area contributed by atoms with Crippen LogP contribution in [0.4, 0.5) is 0 Å². The molecule has 1 fully saturated rings. The lowest BCUT2D eigenvalue weighted by atomic mass is 10.1. The van der Waals surface area contributed by atoms with Crippen molar-refractivity contribution < 1.29 is 0 Å². The van der Waals surface area contributed by atoms with E-state index in [1.165, 1.54) is 24.2 Å². The van der Waals surface area contributed by atoms with Crippen LogP contribution in [0.2, 0.25) is 5.02 Å². The van der Waals surface area contributed by atoms with Gasteiger partial charge in [0.05, 0.1) is 0 Å². The maximum absolute atomic E-state index is 5.98. The van der Waals surface area contributed by atoms with E-state index in [9.17, 15) is 0 Å². The van der Waals surface area contributed by atoms with Crippen LogP contribution in [0.15, 0.2) is 29.4 Å². The summed E-state index contributed by atoms with van der Waals surface area (Å²) in [7, 11) is 0. The van der Waals surface area contributed by atoms with Crippen LogP contribution in [0.1, 0.15) is 55.7 Å². The minimum absolute atomic E-state index is 0.392. The first-order chi connectivity index (χ1) is 10.2. The van der Waals surface area contributed by atoms with Crippen molar-refractivity contribution >= 4 is 23.4 Å². The normalized spacial score (nSPS) is 16.1. The summed E-state index contributed by atoms with van der Waals surface area (Å²) in [6.07, 6.45) is 3.58. The van der Waals surface area contributed by atoms with Crippen LogP contribution >= 0.6 is 23.4 Å². The molecule has 1 saturated carbocycles. The van der Waals surface area contributed by atoms with Crippen LogP contribution in [0.3, 0.4) is 0 Å². The predicted molar refractivity (Wildman–Crippen MR) is 88.0 cm³/mol. The number of aromatic nitrogens is 3. The smallest absolute Gasteiger partial charge is 0.191 e. The number of hydrogen-bond acceptors (Lipinski definition) is 3. The minimum atomic E-state index is 0.392. The van der Waals surface area contributed by atoms with Gasteiger partial charge < -0.3 is 4.57 Å². The number of rotatable bonds is 6. The van der Waals surface area contributed by atoms with Crippen molar-refractivity contribution in [1.29, 1.82) is 0 Å². The van der Waals surface area contributed by atoms with Crippen molar-refractivity contribution in [3.63, 3.8) is 0 Å². The van der Waals surface area contributed by atoms with Gasteiger partial charge >= 0.3 is 0 Å². The van der Waals surface area contributed by atoms with Crippen LogP contribution < -0.4 is 0 Å². The summed E-state index contributed by atoms with van der Waals surface area (Å²) in [5, 5.41) is 11.1. The van der Waals surface area contributed by atoms with Crippen molar-refractivity contribution in [2.75, 3.05) is 0 Å². The SMILES string of the molecule is CCC(Sc1nnc(C2CC2)n1CC)c1ccc(Cl)cc1. The number of hydrogen-bond donors (Lipinski definition) is 0. The van der Waals surface area contributed by atoms with E-state index in [4.69, 9.17) is 11.6 Å². The maximum Gasteiger partial charge on any atom is 0.191 e. The van der Waals surface area contributed by atoms with Gasteiger partial charge in [0.2, 0.25) is 0 Å². The largest absolute Gasteiger partial charge is 0.306 e. The second-order valence-corrected chi connectivity index (χ2v) is 7.03. The predicted octanol–water partition coefficient (Wildman–Crippen LogP) is 5.07. The molecule has 0 saturated heterocycles. The Labute approximate surface area is 135 Å². The van der Waals surface area contributed by atoms with Gasteiger partial charge in [-0.15, -0.1) is 10.2 Å².